The van der Waals surface area contributed by atoms with E-state index < -0.39 is 5.41 Å². The number of aryl methyl sites for hydroxylation is 1. The fourth-order valence-corrected chi connectivity index (χ4v) is 4.45. The quantitative estimate of drug-likeness (QED) is 0.731. The van der Waals surface area contributed by atoms with Gasteiger partial charge in [0, 0.05) is 5.92 Å². The Hall–Kier alpha value is -2.58. The van der Waals surface area contributed by atoms with E-state index in [-0.39, 0.29) is 11.8 Å². The first-order valence-electron chi connectivity index (χ1n) is 7.69. The van der Waals surface area contributed by atoms with E-state index in [2.05, 4.69) is 43.3 Å². The fourth-order valence-electron chi connectivity index (χ4n) is 4.45. The average Bonchev–Trinajstić information content (AvgIpc) is 2.56. The van der Waals surface area contributed by atoms with Gasteiger partial charge in [-0.1, -0.05) is 42.5 Å². The Bertz CT molecular complexity index is 853. The Morgan fingerprint density at radius 2 is 1.91 bits per heavy atom. The number of rotatable bonds is 0. The molecule has 0 amide bonds. The lowest BCUT2D eigenvalue weighted by Gasteiger charge is -2.45. The molecule has 2 aliphatic carbocycles. The van der Waals surface area contributed by atoms with Gasteiger partial charge in [-0.2, -0.15) is 10.5 Å². The molecule has 2 aromatic rings. The zero-order valence-electron chi connectivity index (χ0n) is 12.5. The molecule has 2 aromatic carbocycles. The van der Waals surface area contributed by atoms with Crippen molar-refractivity contribution in [3.8, 4) is 12.1 Å². The van der Waals surface area contributed by atoms with Crippen LogP contribution in [0.15, 0.2) is 42.5 Å². The maximum absolute atomic E-state index is 9.98. The molecule has 0 heterocycles. The monoisotopic (exact) mass is 284 g/mol. The second-order valence-electron chi connectivity index (χ2n) is 6.52. The summed E-state index contributed by atoms with van der Waals surface area (Å²) in [6.45, 7) is 2.06. The smallest absolute Gasteiger partial charge is 0.0872 e. The Morgan fingerprint density at radius 3 is 2.68 bits per heavy atom. The Morgan fingerprint density at radius 1 is 1.09 bits per heavy atom. The highest BCUT2D eigenvalue weighted by molar-refractivity contribution is 5.57. The summed E-state index contributed by atoms with van der Waals surface area (Å²) in [6.07, 6.45) is 1.51. The molecule has 0 saturated heterocycles. The van der Waals surface area contributed by atoms with Gasteiger partial charge in [0.25, 0.3) is 0 Å². The zero-order valence-corrected chi connectivity index (χ0v) is 12.5. The van der Waals surface area contributed by atoms with Crippen molar-refractivity contribution in [2.45, 2.75) is 37.0 Å². The van der Waals surface area contributed by atoms with Crippen LogP contribution in [0.5, 0.6) is 0 Å². The molecule has 106 valence electrons. The van der Waals surface area contributed by atoms with Crippen LogP contribution < -0.4 is 0 Å². The molecule has 22 heavy (non-hydrogen) atoms. The molecule has 0 aliphatic heterocycles. The van der Waals surface area contributed by atoms with Gasteiger partial charge in [-0.05, 0) is 47.6 Å². The summed E-state index contributed by atoms with van der Waals surface area (Å²) in [7, 11) is 0. The first kappa shape index (κ1) is 13.1. The predicted molar refractivity (Wildman–Crippen MR) is 84.3 cm³/mol. The minimum absolute atomic E-state index is 0.128. The van der Waals surface area contributed by atoms with Gasteiger partial charge in [-0.15, -0.1) is 0 Å². The van der Waals surface area contributed by atoms with Crippen molar-refractivity contribution in [3.05, 3.63) is 70.3 Å². The van der Waals surface area contributed by atoms with Gasteiger partial charge in [-0.25, -0.2) is 0 Å². The van der Waals surface area contributed by atoms with Crippen LogP contribution in [0.3, 0.4) is 0 Å². The number of hydrogen-bond acceptors (Lipinski definition) is 2. The molecule has 2 aliphatic rings. The van der Waals surface area contributed by atoms with Gasteiger partial charge in [-0.3, -0.25) is 0 Å². The third kappa shape index (κ3) is 1.53. The van der Waals surface area contributed by atoms with Crippen LogP contribution in [0.2, 0.25) is 0 Å². The van der Waals surface area contributed by atoms with E-state index >= 15 is 0 Å². The number of fused-ring (bicyclic) bond motifs is 6. The van der Waals surface area contributed by atoms with Gasteiger partial charge < -0.3 is 0 Å². The molecule has 4 rings (SSSR count). The molecule has 0 unspecified atom stereocenters. The molecule has 0 aromatic heterocycles. The van der Waals surface area contributed by atoms with Crippen molar-refractivity contribution >= 4 is 0 Å². The molecular weight excluding hydrogens is 268 g/mol. The summed E-state index contributed by atoms with van der Waals surface area (Å²) in [5, 5.41) is 19.8. The summed E-state index contributed by atoms with van der Waals surface area (Å²) in [5.41, 5.74) is 5.31. The van der Waals surface area contributed by atoms with E-state index in [9.17, 15) is 10.5 Å². The van der Waals surface area contributed by atoms with Crippen LogP contribution in [0.1, 0.15) is 46.1 Å². The second-order valence-corrected chi connectivity index (χ2v) is 6.52. The maximum atomic E-state index is 9.98. The topological polar surface area (TPSA) is 47.6 Å². The van der Waals surface area contributed by atoms with Crippen molar-refractivity contribution in [2.24, 2.45) is 0 Å². The van der Waals surface area contributed by atoms with Crippen molar-refractivity contribution in [1.29, 1.82) is 10.5 Å². The third-order valence-electron chi connectivity index (χ3n) is 5.42. The largest absolute Gasteiger partial charge is 0.198 e. The molecule has 0 saturated carbocycles. The van der Waals surface area contributed by atoms with Crippen LogP contribution in [-0.4, -0.2) is 0 Å². The SMILES string of the molecule is Cc1cccc2c1[C@@H](C#N)[C@@H]1C[C@]2(C#N)Cc2ccccc21. The molecule has 0 fully saturated rings. The van der Waals surface area contributed by atoms with Crippen molar-refractivity contribution < 1.29 is 0 Å². The maximum Gasteiger partial charge on any atom is 0.0872 e. The summed E-state index contributed by atoms with van der Waals surface area (Å²) in [5.74, 6) is -0.0256. The predicted octanol–water partition coefficient (Wildman–Crippen LogP) is 4.11. The molecule has 3 atom stereocenters. The molecule has 0 N–H and O–H groups in total. The highest BCUT2D eigenvalue weighted by Crippen LogP contribution is 2.56. The van der Waals surface area contributed by atoms with E-state index in [0.29, 0.717) is 0 Å². The second kappa shape index (κ2) is 4.46. The molecule has 0 radical (unpaired) electrons. The number of nitrogens with zero attached hydrogens (tertiary/aromatic N) is 2. The standard InChI is InChI=1S/C20H16N2/c1-13-5-4-8-18-19(13)17(11-21)16-10-20(18,12-22)9-14-6-2-3-7-15(14)16/h2-8,16-17H,9-10H2,1H3/t16-,17+,20+/m1/s1. The summed E-state index contributed by atoms with van der Waals surface area (Å²) >= 11 is 0. The Kier molecular flexibility index (Phi) is 2.65. The number of nitriles is 2. The summed E-state index contributed by atoms with van der Waals surface area (Å²) < 4.78 is 0. The summed E-state index contributed by atoms with van der Waals surface area (Å²) in [6, 6.07) is 19.6. The van der Waals surface area contributed by atoms with Gasteiger partial charge in [0.05, 0.1) is 23.5 Å². The third-order valence-corrected chi connectivity index (χ3v) is 5.42. The minimum atomic E-state index is -0.478. The van der Waals surface area contributed by atoms with E-state index in [1.165, 1.54) is 11.1 Å². The lowest BCUT2D eigenvalue weighted by Crippen LogP contribution is -2.41. The number of hydrogen-bond donors (Lipinski definition) is 0. The van der Waals surface area contributed by atoms with Crippen molar-refractivity contribution in [1.82, 2.24) is 0 Å². The zero-order chi connectivity index (χ0) is 15.3. The van der Waals surface area contributed by atoms with Crippen molar-refractivity contribution in [2.75, 3.05) is 0 Å². The van der Waals surface area contributed by atoms with E-state index in [1.807, 2.05) is 18.2 Å². The molecule has 2 bridgehead atoms. The van der Waals surface area contributed by atoms with Gasteiger partial charge >= 0.3 is 0 Å². The van der Waals surface area contributed by atoms with E-state index in [1.54, 1.807) is 0 Å². The lowest BCUT2D eigenvalue weighted by molar-refractivity contribution is 0.362. The highest BCUT2D eigenvalue weighted by Gasteiger charge is 2.50. The fraction of sp³-hybridized carbons (Fsp3) is 0.300. The van der Waals surface area contributed by atoms with Gasteiger partial charge in [0.1, 0.15) is 0 Å². The van der Waals surface area contributed by atoms with Crippen LogP contribution in [0, 0.1) is 29.6 Å². The first-order chi connectivity index (χ1) is 10.7. The summed E-state index contributed by atoms with van der Waals surface area (Å²) in [4.78, 5) is 0. The number of benzene rings is 2. The lowest BCUT2D eigenvalue weighted by atomic mass is 9.55. The first-order valence-corrected chi connectivity index (χ1v) is 7.69. The van der Waals surface area contributed by atoms with Crippen LogP contribution in [0.25, 0.3) is 0 Å². The molecule has 2 heteroatoms. The van der Waals surface area contributed by atoms with E-state index in [4.69, 9.17) is 0 Å². The van der Waals surface area contributed by atoms with Crippen LogP contribution in [-0.2, 0) is 11.8 Å². The van der Waals surface area contributed by atoms with E-state index in [0.717, 1.165) is 29.5 Å². The normalized spacial score (nSPS) is 28.0. The molecule has 0 spiro atoms. The van der Waals surface area contributed by atoms with Crippen LogP contribution >= 0.6 is 0 Å². The average molecular weight is 284 g/mol. The van der Waals surface area contributed by atoms with Crippen molar-refractivity contribution in [3.63, 3.8) is 0 Å². The molecule has 2 nitrogen and oxygen atoms in total. The van der Waals surface area contributed by atoms with Crippen LogP contribution in [0.4, 0.5) is 0 Å². The highest BCUT2D eigenvalue weighted by atomic mass is 14.5. The minimum Gasteiger partial charge on any atom is -0.198 e. The molecular formula is C20H16N2. The Balaban J connectivity index is 2.06. The van der Waals surface area contributed by atoms with Gasteiger partial charge in [0.15, 0.2) is 0 Å². The Labute approximate surface area is 130 Å². The van der Waals surface area contributed by atoms with Gasteiger partial charge in [0.2, 0.25) is 0 Å².